The second-order valence-electron chi connectivity index (χ2n) is 6.23. The van der Waals surface area contributed by atoms with Crippen molar-refractivity contribution in [3.63, 3.8) is 0 Å². The van der Waals surface area contributed by atoms with Gasteiger partial charge in [-0.05, 0) is 50.4 Å². The van der Waals surface area contributed by atoms with Crippen LogP contribution in [0.15, 0.2) is 18.2 Å². The number of nitrogens with one attached hydrogen (secondary N) is 1. The molecule has 2 aliphatic rings. The monoisotopic (exact) mass is 287 g/mol. The molecule has 1 N–H and O–H groups in total. The molecule has 1 unspecified atom stereocenters. The second kappa shape index (κ2) is 6.55. The van der Waals surface area contributed by atoms with E-state index in [2.05, 4.69) is 16.3 Å². The van der Waals surface area contributed by atoms with Crippen LogP contribution in [0, 0.1) is 17.1 Å². The van der Waals surface area contributed by atoms with Crippen LogP contribution in [0.25, 0.3) is 0 Å². The van der Waals surface area contributed by atoms with Crippen molar-refractivity contribution in [3.8, 4) is 6.07 Å². The fourth-order valence-corrected chi connectivity index (χ4v) is 3.13. The molecule has 1 aromatic carbocycles. The number of benzene rings is 1. The smallest absolute Gasteiger partial charge is 0.127 e. The van der Waals surface area contributed by atoms with Crippen LogP contribution in [0.2, 0.25) is 0 Å². The number of nitrogens with zero attached hydrogens (tertiary/aromatic N) is 2. The third kappa shape index (κ3) is 3.81. The standard InChI is InChI=1S/C17H22FN3/c18-17-7-4-13(10-19)9-14(17)11-21(16-5-6-16)12-15-3-1-2-8-20-15/h4,7,9,15-16,20H,1-3,5-6,8,11-12H2. The second-order valence-corrected chi connectivity index (χ2v) is 6.23. The highest BCUT2D eigenvalue weighted by atomic mass is 19.1. The van der Waals surface area contributed by atoms with Crippen molar-refractivity contribution < 1.29 is 4.39 Å². The zero-order chi connectivity index (χ0) is 14.7. The molecule has 2 fully saturated rings. The summed E-state index contributed by atoms with van der Waals surface area (Å²) in [4.78, 5) is 2.39. The van der Waals surface area contributed by atoms with E-state index < -0.39 is 0 Å². The average Bonchev–Trinajstić information content (AvgIpc) is 3.34. The molecule has 1 heterocycles. The third-order valence-electron chi connectivity index (χ3n) is 4.48. The Labute approximate surface area is 125 Å². The zero-order valence-electron chi connectivity index (χ0n) is 12.3. The topological polar surface area (TPSA) is 39.1 Å². The summed E-state index contributed by atoms with van der Waals surface area (Å²) in [5.74, 6) is -0.198. The van der Waals surface area contributed by atoms with E-state index in [0.29, 0.717) is 29.8 Å². The lowest BCUT2D eigenvalue weighted by molar-refractivity contribution is 0.206. The minimum Gasteiger partial charge on any atom is -0.313 e. The van der Waals surface area contributed by atoms with Crippen molar-refractivity contribution in [3.05, 3.63) is 35.1 Å². The highest BCUT2D eigenvalue weighted by molar-refractivity contribution is 5.33. The summed E-state index contributed by atoms with van der Waals surface area (Å²) >= 11 is 0. The molecule has 1 aliphatic heterocycles. The van der Waals surface area contributed by atoms with Crippen LogP contribution in [-0.4, -0.2) is 30.1 Å². The number of hydrogen-bond donors (Lipinski definition) is 1. The Morgan fingerprint density at radius 3 is 2.81 bits per heavy atom. The van der Waals surface area contributed by atoms with Gasteiger partial charge in [0.05, 0.1) is 11.6 Å². The van der Waals surface area contributed by atoms with Gasteiger partial charge < -0.3 is 5.32 Å². The van der Waals surface area contributed by atoms with E-state index in [0.717, 1.165) is 13.1 Å². The Hall–Kier alpha value is -1.44. The molecule has 1 saturated carbocycles. The summed E-state index contributed by atoms with van der Waals surface area (Å²) in [5, 5.41) is 12.5. The molecule has 0 radical (unpaired) electrons. The van der Waals surface area contributed by atoms with Crippen molar-refractivity contribution in [1.29, 1.82) is 5.26 Å². The molecule has 21 heavy (non-hydrogen) atoms. The lowest BCUT2D eigenvalue weighted by Gasteiger charge is -2.30. The first kappa shape index (κ1) is 14.5. The summed E-state index contributed by atoms with van der Waals surface area (Å²) in [5.41, 5.74) is 1.19. The summed E-state index contributed by atoms with van der Waals surface area (Å²) in [6, 6.07) is 7.87. The summed E-state index contributed by atoms with van der Waals surface area (Å²) in [7, 11) is 0. The van der Waals surface area contributed by atoms with E-state index in [9.17, 15) is 4.39 Å². The first-order valence-corrected chi connectivity index (χ1v) is 7.92. The van der Waals surface area contributed by atoms with Crippen LogP contribution in [0.5, 0.6) is 0 Å². The molecule has 1 atom stereocenters. The third-order valence-corrected chi connectivity index (χ3v) is 4.48. The molecule has 3 rings (SSSR count). The molecular weight excluding hydrogens is 265 g/mol. The molecule has 1 aromatic rings. The largest absolute Gasteiger partial charge is 0.313 e. The summed E-state index contributed by atoms with van der Waals surface area (Å²) in [6.45, 7) is 2.70. The number of nitriles is 1. The number of hydrogen-bond acceptors (Lipinski definition) is 3. The Bertz CT molecular complexity index is 527. The average molecular weight is 287 g/mol. The van der Waals surface area contributed by atoms with Gasteiger partial charge in [-0.1, -0.05) is 6.42 Å². The van der Waals surface area contributed by atoms with Gasteiger partial charge in [0, 0.05) is 30.7 Å². The normalized spacial score (nSPS) is 22.2. The van der Waals surface area contributed by atoms with Crippen LogP contribution >= 0.6 is 0 Å². The quantitative estimate of drug-likeness (QED) is 0.905. The van der Waals surface area contributed by atoms with Gasteiger partial charge in [0.25, 0.3) is 0 Å². The molecule has 0 bridgehead atoms. The molecule has 1 saturated heterocycles. The van der Waals surface area contributed by atoms with Gasteiger partial charge in [-0.15, -0.1) is 0 Å². The van der Waals surface area contributed by atoms with Crippen molar-refractivity contribution >= 4 is 0 Å². The Kier molecular flexibility index (Phi) is 4.52. The van der Waals surface area contributed by atoms with Crippen LogP contribution in [0.1, 0.15) is 43.2 Å². The predicted octanol–water partition coefficient (Wildman–Crippen LogP) is 2.80. The van der Waals surface area contributed by atoms with E-state index in [1.807, 2.05) is 0 Å². The predicted molar refractivity (Wildman–Crippen MR) is 80.2 cm³/mol. The van der Waals surface area contributed by atoms with Crippen LogP contribution in [0.3, 0.4) is 0 Å². The first-order chi connectivity index (χ1) is 10.3. The van der Waals surface area contributed by atoms with Crippen molar-refractivity contribution in [2.45, 2.75) is 50.7 Å². The van der Waals surface area contributed by atoms with Gasteiger partial charge >= 0.3 is 0 Å². The number of rotatable bonds is 5. The zero-order valence-corrected chi connectivity index (χ0v) is 12.3. The number of piperidine rings is 1. The SMILES string of the molecule is N#Cc1ccc(F)c(CN(CC2CCCCN2)C2CC2)c1. The van der Waals surface area contributed by atoms with Gasteiger partial charge in [-0.2, -0.15) is 5.26 Å². The maximum atomic E-state index is 14.0. The van der Waals surface area contributed by atoms with Gasteiger partial charge in [0.1, 0.15) is 5.82 Å². The lowest BCUT2D eigenvalue weighted by atomic mass is 10.0. The molecule has 1 aliphatic carbocycles. The van der Waals surface area contributed by atoms with E-state index in [1.54, 1.807) is 12.1 Å². The van der Waals surface area contributed by atoms with Gasteiger partial charge in [-0.3, -0.25) is 4.90 Å². The molecule has 0 aromatic heterocycles. The van der Waals surface area contributed by atoms with Crippen LogP contribution in [-0.2, 0) is 6.54 Å². The molecule has 4 heteroatoms. The Balaban J connectivity index is 1.68. The Morgan fingerprint density at radius 2 is 2.14 bits per heavy atom. The van der Waals surface area contributed by atoms with Gasteiger partial charge in [-0.25, -0.2) is 4.39 Å². The van der Waals surface area contributed by atoms with E-state index >= 15 is 0 Å². The summed E-state index contributed by atoms with van der Waals surface area (Å²) in [6.07, 6.45) is 6.19. The minimum atomic E-state index is -0.198. The van der Waals surface area contributed by atoms with Crippen molar-refractivity contribution in [2.24, 2.45) is 0 Å². The van der Waals surface area contributed by atoms with Gasteiger partial charge in [0.15, 0.2) is 0 Å². The van der Waals surface area contributed by atoms with E-state index in [4.69, 9.17) is 5.26 Å². The van der Waals surface area contributed by atoms with E-state index in [-0.39, 0.29) is 5.82 Å². The van der Waals surface area contributed by atoms with Gasteiger partial charge in [0.2, 0.25) is 0 Å². The van der Waals surface area contributed by atoms with Crippen LogP contribution in [0.4, 0.5) is 4.39 Å². The fourth-order valence-electron chi connectivity index (χ4n) is 3.13. The highest BCUT2D eigenvalue weighted by Gasteiger charge is 2.31. The first-order valence-electron chi connectivity index (χ1n) is 7.92. The Morgan fingerprint density at radius 1 is 1.29 bits per heavy atom. The maximum Gasteiger partial charge on any atom is 0.127 e. The molecule has 112 valence electrons. The maximum absolute atomic E-state index is 14.0. The lowest BCUT2D eigenvalue weighted by Crippen LogP contribution is -2.44. The van der Waals surface area contributed by atoms with Crippen molar-refractivity contribution in [2.75, 3.05) is 13.1 Å². The number of halogens is 1. The fraction of sp³-hybridized carbons (Fsp3) is 0.588. The molecule has 3 nitrogen and oxygen atoms in total. The minimum absolute atomic E-state index is 0.198. The van der Waals surface area contributed by atoms with Crippen LogP contribution < -0.4 is 5.32 Å². The molecule has 0 spiro atoms. The molecule has 0 amide bonds. The van der Waals surface area contributed by atoms with E-state index in [1.165, 1.54) is 38.2 Å². The highest BCUT2D eigenvalue weighted by Crippen LogP contribution is 2.29. The van der Waals surface area contributed by atoms with Crippen molar-refractivity contribution in [1.82, 2.24) is 10.2 Å². The molecular formula is C17H22FN3. The summed E-state index contributed by atoms with van der Waals surface area (Å²) < 4.78 is 14.0.